The Morgan fingerprint density at radius 2 is 2.00 bits per heavy atom. The number of rotatable bonds is 2. The predicted molar refractivity (Wildman–Crippen MR) is 77.0 cm³/mol. The molecular formula is C15H13ClFNO2. The minimum absolute atomic E-state index is 0.0427. The number of carbonyl (C=O) groups is 1. The van der Waals surface area contributed by atoms with Crippen LogP contribution in [-0.2, 0) is 0 Å². The van der Waals surface area contributed by atoms with E-state index in [1.807, 2.05) is 26.0 Å². The van der Waals surface area contributed by atoms with Crippen LogP contribution in [0.25, 0.3) is 0 Å². The highest BCUT2D eigenvalue weighted by Crippen LogP contribution is 2.25. The number of benzene rings is 2. The fourth-order valence-corrected chi connectivity index (χ4v) is 1.89. The lowest BCUT2D eigenvalue weighted by Crippen LogP contribution is -2.17. The summed E-state index contributed by atoms with van der Waals surface area (Å²) in [7, 11) is 0. The molecule has 0 saturated carbocycles. The van der Waals surface area contributed by atoms with Crippen LogP contribution >= 0.6 is 11.6 Å². The Morgan fingerprint density at radius 3 is 2.70 bits per heavy atom. The monoisotopic (exact) mass is 293 g/mol. The van der Waals surface area contributed by atoms with Crippen LogP contribution in [0.5, 0.6) is 5.75 Å². The first kappa shape index (κ1) is 14.3. The van der Waals surface area contributed by atoms with Gasteiger partial charge in [-0.15, -0.1) is 0 Å². The average Bonchev–Trinajstić information content (AvgIpc) is 2.38. The first-order valence-electron chi connectivity index (χ1n) is 5.97. The molecule has 3 nitrogen and oxygen atoms in total. The van der Waals surface area contributed by atoms with Crippen molar-refractivity contribution in [2.75, 3.05) is 5.32 Å². The van der Waals surface area contributed by atoms with E-state index in [1.165, 1.54) is 12.1 Å². The topological polar surface area (TPSA) is 38.3 Å². The number of anilines is 1. The molecule has 1 amide bonds. The normalized spacial score (nSPS) is 10.2. The minimum atomic E-state index is -0.674. The predicted octanol–water partition coefficient (Wildman–Crippen LogP) is 4.71. The number of halogens is 2. The Kier molecular flexibility index (Phi) is 4.25. The zero-order valence-electron chi connectivity index (χ0n) is 11.0. The van der Waals surface area contributed by atoms with E-state index < -0.39 is 11.9 Å². The number of nitrogens with one attached hydrogen (secondary N) is 1. The van der Waals surface area contributed by atoms with Crippen molar-refractivity contribution >= 4 is 23.4 Å². The molecule has 20 heavy (non-hydrogen) atoms. The van der Waals surface area contributed by atoms with Gasteiger partial charge in [0.05, 0.1) is 5.02 Å². The van der Waals surface area contributed by atoms with Crippen LogP contribution in [0.3, 0.4) is 0 Å². The van der Waals surface area contributed by atoms with Gasteiger partial charge >= 0.3 is 6.09 Å². The van der Waals surface area contributed by atoms with E-state index >= 15 is 0 Å². The van der Waals surface area contributed by atoms with Gasteiger partial charge in [0.1, 0.15) is 5.82 Å². The van der Waals surface area contributed by atoms with Gasteiger partial charge < -0.3 is 4.74 Å². The summed E-state index contributed by atoms with van der Waals surface area (Å²) in [6, 6.07) is 9.12. The molecule has 0 spiro atoms. The van der Waals surface area contributed by atoms with Crippen molar-refractivity contribution in [1.82, 2.24) is 0 Å². The quantitative estimate of drug-likeness (QED) is 0.871. The highest BCUT2D eigenvalue weighted by molar-refractivity contribution is 6.32. The molecule has 0 aliphatic carbocycles. The van der Waals surface area contributed by atoms with Crippen molar-refractivity contribution in [2.24, 2.45) is 0 Å². The van der Waals surface area contributed by atoms with Gasteiger partial charge in [0.2, 0.25) is 0 Å². The summed E-state index contributed by atoms with van der Waals surface area (Å²) in [6.45, 7) is 3.85. The second-order valence-corrected chi connectivity index (χ2v) is 4.74. The fraction of sp³-hybridized carbons (Fsp3) is 0.133. The number of aryl methyl sites for hydroxylation is 1. The van der Waals surface area contributed by atoms with E-state index in [4.69, 9.17) is 16.3 Å². The molecule has 0 aliphatic rings. The summed E-state index contributed by atoms with van der Waals surface area (Å²) >= 11 is 5.79. The number of amides is 1. The first-order valence-corrected chi connectivity index (χ1v) is 6.35. The summed E-state index contributed by atoms with van der Waals surface area (Å²) in [5.74, 6) is -0.381. The Labute approximate surface area is 121 Å². The number of carbonyl (C=O) groups excluding carboxylic acids is 1. The molecular weight excluding hydrogens is 281 g/mol. The smallest absolute Gasteiger partial charge is 0.408 e. The van der Waals surface area contributed by atoms with E-state index in [0.29, 0.717) is 5.69 Å². The summed E-state index contributed by atoms with van der Waals surface area (Å²) in [4.78, 5) is 11.8. The summed E-state index contributed by atoms with van der Waals surface area (Å²) in [5.41, 5.74) is 2.67. The maximum atomic E-state index is 12.9. The van der Waals surface area contributed by atoms with Gasteiger partial charge in [-0.2, -0.15) is 0 Å². The van der Waals surface area contributed by atoms with Crippen molar-refractivity contribution in [1.29, 1.82) is 0 Å². The largest absolute Gasteiger partial charge is 0.417 e. The minimum Gasteiger partial charge on any atom is -0.408 e. The van der Waals surface area contributed by atoms with Gasteiger partial charge in [0, 0.05) is 5.69 Å². The Bertz CT molecular complexity index is 658. The van der Waals surface area contributed by atoms with Crippen molar-refractivity contribution in [3.8, 4) is 5.75 Å². The molecule has 0 aliphatic heterocycles. The molecule has 0 saturated heterocycles. The zero-order valence-corrected chi connectivity index (χ0v) is 11.8. The average molecular weight is 294 g/mol. The molecule has 0 atom stereocenters. The molecule has 0 bridgehead atoms. The lowest BCUT2D eigenvalue weighted by molar-refractivity contribution is 0.215. The summed E-state index contributed by atoms with van der Waals surface area (Å²) < 4.78 is 17.9. The van der Waals surface area contributed by atoms with Gasteiger partial charge in [0.15, 0.2) is 5.75 Å². The number of hydrogen-bond acceptors (Lipinski definition) is 2. The van der Waals surface area contributed by atoms with E-state index in [1.54, 1.807) is 6.07 Å². The molecule has 1 N–H and O–H groups in total. The Morgan fingerprint density at radius 1 is 1.25 bits per heavy atom. The van der Waals surface area contributed by atoms with Crippen LogP contribution in [0.15, 0.2) is 36.4 Å². The standard InChI is InChI=1S/C15H13ClFNO2/c1-9-4-3-5-13(10(9)2)18-15(19)20-14-7-6-11(17)8-12(14)16/h3-8H,1-2H3,(H,18,19). The highest BCUT2D eigenvalue weighted by atomic mass is 35.5. The van der Waals surface area contributed by atoms with E-state index in [0.717, 1.165) is 17.2 Å². The highest BCUT2D eigenvalue weighted by Gasteiger charge is 2.11. The van der Waals surface area contributed by atoms with Crippen molar-refractivity contribution in [3.05, 3.63) is 58.4 Å². The number of ether oxygens (including phenoxy) is 1. The van der Waals surface area contributed by atoms with E-state index in [9.17, 15) is 9.18 Å². The van der Waals surface area contributed by atoms with E-state index in [2.05, 4.69) is 5.32 Å². The SMILES string of the molecule is Cc1cccc(NC(=O)Oc2ccc(F)cc2Cl)c1C. The fourth-order valence-electron chi connectivity index (χ4n) is 1.68. The third-order valence-corrected chi connectivity index (χ3v) is 3.23. The van der Waals surface area contributed by atoms with Gasteiger partial charge in [-0.3, -0.25) is 5.32 Å². The zero-order chi connectivity index (χ0) is 14.7. The van der Waals surface area contributed by atoms with Gasteiger partial charge in [-0.25, -0.2) is 9.18 Å². The second kappa shape index (κ2) is 5.92. The van der Waals surface area contributed by atoms with Crippen LogP contribution in [0, 0.1) is 19.7 Å². The van der Waals surface area contributed by atoms with Crippen LogP contribution in [-0.4, -0.2) is 6.09 Å². The number of hydrogen-bond donors (Lipinski definition) is 1. The molecule has 0 aromatic heterocycles. The van der Waals surface area contributed by atoms with Gasteiger partial charge in [-0.05, 0) is 49.2 Å². The molecule has 5 heteroatoms. The molecule has 0 fully saturated rings. The molecule has 104 valence electrons. The third-order valence-electron chi connectivity index (χ3n) is 2.94. The molecule has 0 radical (unpaired) electrons. The summed E-state index contributed by atoms with van der Waals surface area (Å²) in [5, 5.41) is 2.67. The van der Waals surface area contributed by atoms with Gasteiger partial charge in [0.25, 0.3) is 0 Å². The lowest BCUT2D eigenvalue weighted by Gasteiger charge is -2.11. The van der Waals surface area contributed by atoms with Crippen LogP contribution in [0.1, 0.15) is 11.1 Å². The molecule has 0 unspecified atom stereocenters. The van der Waals surface area contributed by atoms with E-state index in [-0.39, 0.29) is 10.8 Å². The third kappa shape index (κ3) is 3.27. The molecule has 2 aromatic carbocycles. The van der Waals surface area contributed by atoms with Crippen molar-refractivity contribution < 1.29 is 13.9 Å². The van der Waals surface area contributed by atoms with Crippen molar-refractivity contribution in [3.63, 3.8) is 0 Å². The van der Waals surface area contributed by atoms with Crippen LogP contribution in [0.4, 0.5) is 14.9 Å². The van der Waals surface area contributed by atoms with Gasteiger partial charge in [-0.1, -0.05) is 23.7 Å². The Hall–Kier alpha value is -2.07. The second-order valence-electron chi connectivity index (χ2n) is 4.34. The maximum Gasteiger partial charge on any atom is 0.417 e. The van der Waals surface area contributed by atoms with Crippen molar-refractivity contribution in [2.45, 2.75) is 13.8 Å². The molecule has 2 aromatic rings. The first-order chi connectivity index (χ1) is 9.47. The maximum absolute atomic E-state index is 12.9. The Balaban J connectivity index is 2.11. The molecule has 0 heterocycles. The summed E-state index contributed by atoms with van der Waals surface area (Å²) in [6.07, 6.45) is -0.674. The van der Waals surface area contributed by atoms with Crippen LogP contribution in [0.2, 0.25) is 5.02 Å². The lowest BCUT2D eigenvalue weighted by atomic mass is 10.1. The van der Waals surface area contributed by atoms with Crippen LogP contribution < -0.4 is 10.1 Å². The molecule has 2 rings (SSSR count).